The molecule has 0 amide bonds. The zero-order valence-electron chi connectivity index (χ0n) is 14.6. The quantitative estimate of drug-likeness (QED) is 0.355. The number of hydrogen-bond acceptors (Lipinski definition) is 4. The van der Waals surface area contributed by atoms with Crippen molar-refractivity contribution in [3.63, 3.8) is 0 Å². The zero-order chi connectivity index (χ0) is 17.8. The topological polar surface area (TPSA) is 69.4 Å². The molecule has 5 nitrogen and oxygen atoms in total. The molecule has 0 N–H and O–H groups in total. The van der Waals surface area contributed by atoms with Crippen molar-refractivity contribution in [2.45, 2.75) is 33.1 Å². The van der Waals surface area contributed by atoms with Gasteiger partial charge in [0.25, 0.3) is 5.69 Å². The Morgan fingerprint density at radius 1 is 1.24 bits per heavy atom. The summed E-state index contributed by atoms with van der Waals surface area (Å²) in [5.41, 5.74) is 1.90. The Morgan fingerprint density at radius 3 is 2.48 bits per heavy atom. The summed E-state index contributed by atoms with van der Waals surface area (Å²) in [6.45, 7) is 7.18. The van der Waals surface area contributed by atoms with Gasteiger partial charge in [0.05, 0.1) is 16.9 Å². The summed E-state index contributed by atoms with van der Waals surface area (Å²) < 4.78 is 5.46. The fourth-order valence-corrected chi connectivity index (χ4v) is 7.27. The van der Waals surface area contributed by atoms with Crippen molar-refractivity contribution in [3.05, 3.63) is 51.6 Å². The summed E-state index contributed by atoms with van der Waals surface area (Å²) >= 11 is 0. The number of nitro benzene ring substituents is 1. The van der Waals surface area contributed by atoms with E-state index >= 15 is 0 Å². The lowest BCUT2D eigenvalue weighted by molar-refractivity contribution is -0.384. The highest BCUT2D eigenvalue weighted by atomic mass is 16.6. The van der Waals surface area contributed by atoms with E-state index in [0.717, 1.165) is 12.0 Å². The van der Waals surface area contributed by atoms with E-state index in [2.05, 4.69) is 26.8 Å². The van der Waals surface area contributed by atoms with Crippen molar-refractivity contribution in [1.82, 2.24) is 0 Å². The summed E-state index contributed by atoms with van der Waals surface area (Å²) in [7, 11) is 0. The Balaban J connectivity index is 1.70. The number of nitrogens with zero attached hydrogens (tertiary/aromatic N) is 1. The predicted octanol–water partition coefficient (Wildman–Crippen LogP) is 3.84. The molecular weight excluding hydrogens is 318 g/mol. The van der Waals surface area contributed by atoms with Gasteiger partial charge in [-0.1, -0.05) is 37.6 Å². The molecule has 1 aliphatic heterocycles. The minimum absolute atomic E-state index is 0.0348. The number of carbonyl (C=O) groups is 1. The highest BCUT2D eigenvalue weighted by molar-refractivity contribution is 5.84. The van der Waals surface area contributed by atoms with Crippen molar-refractivity contribution < 1.29 is 14.5 Å². The molecule has 6 rings (SSSR count). The van der Waals surface area contributed by atoms with Gasteiger partial charge in [0.15, 0.2) is 0 Å². The molecule has 5 unspecified atom stereocenters. The second kappa shape index (κ2) is 4.14. The van der Waals surface area contributed by atoms with Gasteiger partial charge < -0.3 is 4.74 Å². The molecule has 1 aromatic carbocycles. The third kappa shape index (κ3) is 1.38. The summed E-state index contributed by atoms with van der Waals surface area (Å²) in [6.07, 6.45) is 3.09. The number of carbonyl (C=O) groups excluding carboxylic acids is 1. The van der Waals surface area contributed by atoms with Gasteiger partial charge in [-0.25, -0.2) is 0 Å². The highest BCUT2D eigenvalue weighted by Crippen LogP contribution is 2.90. The average Bonchev–Trinajstić information content (AvgIpc) is 2.94. The van der Waals surface area contributed by atoms with Gasteiger partial charge in [0.2, 0.25) is 0 Å². The molecule has 4 bridgehead atoms. The lowest BCUT2D eigenvalue weighted by Crippen LogP contribution is -2.48. The van der Waals surface area contributed by atoms with Gasteiger partial charge in [-0.15, -0.1) is 0 Å². The first-order chi connectivity index (χ1) is 11.8. The van der Waals surface area contributed by atoms with Crippen LogP contribution < -0.4 is 0 Å². The fourth-order valence-electron chi connectivity index (χ4n) is 7.27. The second-order valence-corrected chi connectivity index (χ2v) is 8.63. The number of nitro groups is 1. The van der Waals surface area contributed by atoms with Crippen LogP contribution in [-0.2, 0) is 9.53 Å². The van der Waals surface area contributed by atoms with Crippen LogP contribution in [0.1, 0.15) is 38.7 Å². The smallest absolute Gasteiger partial charge is 0.313 e. The van der Waals surface area contributed by atoms with Crippen LogP contribution in [0.2, 0.25) is 0 Å². The minimum Gasteiger partial charge on any atom is -0.465 e. The first-order valence-electron chi connectivity index (χ1n) is 8.89. The molecular formula is C20H21NO4. The summed E-state index contributed by atoms with van der Waals surface area (Å²) in [5.74, 6) is 0.886. The molecule has 5 aliphatic rings. The molecule has 2 saturated carbocycles. The Bertz CT molecular complexity index is 859. The molecule has 3 fully saturated rings. The van der Waals surface area contributed by atoms with Crippen molar-refractivity contribution in [2.24, 2.45) is 28.1 Å². The largest absolute Gasteiger partial charge is 0.465 e. The number of cyclic esters (lactones) is 1. The van der Waals surface area contributed by atoms with Crippen molar-refractivity contribution in [2.75, 3.05) is 6.61 Å². The third-order valence-electron chi connectivity index (χ3n) is 7.83. The Hall–Kier alpha value is -2.17. The summed E-state index contributed by atoms with van der Waals surface area (Å²) in [6, 6.07) is 6.93. The summed E-state index contributed by atoms with van der Waals surface area (Å²) in [5, 5.41) is 11.0. The highest BCUT2D eigenvalue weighted by Gasteiger charge is 2.88. The van der Waals surface area contributed by atoms with E-state index in [1.807, 2.05) is 12.1 Å². The second-order valence-electron chi connectivity index (χ2n) is 8.63. The van der Waals surface area contributed by atoms with Crippen LogP contribution in [0.5, 0.6) is 0 Å². The number of non-ortho nitro benzene ring substituents is 1. The van der Waals surface area contributed by atoms with Crippen molar-refractivity contribution in [1.29, 1.82) is 0 Å². The van der Waals surface area contributed by atoms with Crippen LogP contribution >= 0.6 is 0 Å². The number of benzene rings is 1. The summed E-state index contributed by atoms with van der Waals surface area (Å²) in [4.78, 5) is 23.5. The van der Waals surface area contributed by atoms with Crippen LogP contribution in [0.4, 0.5) is 5.69 Å². The van der Waals surface area contributed by atoms with E-state index in [1.54, 1.807) is 12.1 Å². The molecule has 0 aromatic heterocycles. The van der Waals surface area contributed by atoms with Gasteiger partial charge in [0.1, 0.15) is 0 Å². The van der Waals surface area contributed by atoms with E-state index in [9.17, 15) is 14.9 Å². The lowest BCUT2D eigenvalue weighted by atomic mass is 9.52. The molecule has 1 aromatic rings. The Kier molecular flexibility index (Phi) is 2.50. The van der Waals surface area contributed by atoms with E-state index < -0.39 is 5.41 Å². The minimum atomic E-state index is -0.432. The maximum atomic E-state index is 12.9. The average molecular weight is 339 g/mol. The van der Waals surface area contributed by atoms with Crippen LogP contribution in [0.15, 0.2) is 35.9 Å². The van der Waals surface area contributed by atoms with E-state index in [0.29, 0.717) is 18.4 Å². The van der Waals surface area contributed by atoms with Gasteiger partial charge in [-0.3, -0.25) is 14.9 Å². The van der Waals surface area contributed by atoms with Crippen LogP contribution in [-0.4, -0.2) is 17.5 Å². The first kappa shape index (κ1) is 15.1. The van der Waals surface area contributed by atoms with Gasteiger partial charge in [0, 0.05) is 23.5 Å². The molecule has 130 valence electrons. The zero-order valence-corrected chi connectivity index (χ0v) is 14.6. The first-order valence-corrected chi connectivity index (χ1v) is 8.89. The SMILES string of the molecule is CC1=CC2(C)[C@@H](c3ccc([N+](=O)[O-])cc3)C3(C)C1C3C21CCOC1=O. The molecule has 4 aliphatic carbocycles. The van der Waals surface area contributed by atoms with E-state index in [1.165, 1.54) is 5.57 Å². The molecule has 25 heavy (non-hydrogen) atoms. The molecule has 6 atom stereocenters. The monoisotopic (exact) mass is 339 g/mol. The number of hydrogen-bond donors (Lipinski definition) is 0. The van der Waals surface area contributed by atoms with Gasteiger partial charge in [-0.2, -0.15) is 0 Å². The fraction of sp³-hybridized carbons (Fsp3) is 0.550. The molecule has 1 saturated heterocycles. The maximum Gasteiger partial charge on any atom is 0.313 e. The van der Waals surface area contributed by atoms with Crippen LogP contribution in [0, 0.1) is 38.2 Å². The Labute approximate surface area is 146 Å². The van der Waals surface area contributed by atoms with Crippen molar-refractivity contribution in [3.8, 4) is 0 Å². The van der Waals surface area contributed by atoms with E-state index in [4.69, 9.17) is 4.74 Å². The van der Waals surface area contributed by atoms with Gasteiger partial charge in [-0.05, 0) is 36.2 Å². The lowest BCUT2D eigenvalue weighted by Gasteiger charge is -2.49. The maximum absolute atomic E-state index is 12.9. The van der Waals surface area contributed by atoms with Crippen LogP contribution in [0.25, 0.3) is 0 Å². The standard InChI is InChI=1S/C20H21NO4/c1-11-10-18(2)15(12-4-6-13(7-5-12)21(23)24)19(3)14(11)16(19)20(18)8-9-25-17(20)22/h4-7,10,14-16H,8-9H2,1-3H3/t14?,15-,16?,18?,19?,20?/m1/s1. The number of rotatable bonds is 2. The Morgan fingerprint density at radius 2 is 1.92 bits per heavy atom. The molecule has 0 radical (unpaired) electrons. The number of esters is 1. The van der Waals surface area contributed by atoms with E-state index in [-0.39, 0.29) is 33.3 Å². The van der Waals surface area contributed by atoms with Gasteiger partial charge >= 0.3 is 5.97 Å². The van der Waals surface area contributed by atoms with Crippen LogP contribution in [0.3, 0.4) is 0 Å². The number of ether oxygens (including phenoxy) is 1. The van der Waals surface area contributed by atoms with Crippen molar-refractivity contribution >= 4 is 11.7 Å². The number of allylic oxidation sites excluding steroid dienone is 2. The third-order valence-corrected chi connectivity index (χ3v) is 7.83. The normalized spacial score (nSPS) is 46.1. The predicted molar refractivity (Wildman–Crippen MR) is 90.8 cm³/mol. The molecule has 5 heteroatoms. The molecule has 1 heterocycles. The molecule has 1 spiro atoms.